The summed E-state index contributed by atoms with van der Waals surface area (Å²) in [7, 11) is -3.52. The van der Waals surface area contributed by atoms with Gasteiger partial charge in [0.1, 0.15) is 0 Å². The highest BCUT2D eigenvalue weighted by Crippen LogP contribution is 2.23. The zero-order valence-electron chi connectivity index (χ0n) is 14.5. The molecule has 0 saturated carbocycles. The van der Waals surface area contributed by atoms with E-state index in [0.29, 0.717) is 17.1 Å². The van der Waals surface area contributed by atoms with Gasteiger partial charge in [-0.05, 0) is 70.7 Å². The maximum absolute atomic E-state index is 12.4. The van der Waals surface area contributed by atoms with Gasteiger partial charge in [-0.25, -0.2) is 13.1 Å². The maximum Gasteiger partial charge on any atom is 0.241 e. The van der Waals surface area contributed by atoms with Crippen LogP contribution in [0.4, 0.5) is 0 Å². The molecule has 1 aromatic carbocycles. The first-order valence-electron chi connectivity index (χ1n) is 7.69. The molecule has 0 radical (unpaired) electrons. The van der Waals surface area contributed by atoms with Crippen molar-refractivity contribution >= 4 is 21.6 Å². The van der Waals surface area contributed by atoms with Gasteiger partial charge in [0, 0.05) is 11.6 Å². The minimum Gasteiger partial charge on any atom is -0.207 e. The van der Waals surface area contributed by atoms with Crippen LogP contribution in [0.2, 0.25) is 5.02 Å². The molecule has 0 amide bonds. The first-order chi connectivity index (χ1) is 10.6. The summed E-state index contributed by atoms with van der Waals surface area (Å²) in [4.78, 5) is 0.287. The van der Waals surface area contributed by atoms with Crippen molar-refractivity contribution in [3.63, 3.8) is 0 Å². The molecule has 1 rings (SSSR count). The Balaban J connectivity index is 2.73. The second kappa shape index (κ2) is 8.67. The number of sulfonamides is 1. The number of benzene rings is 1. The van der Waals surface area contributed by atoms with Crippen molar-refractivity contribution in [3.05, 3.63) is 51.6 Å². The second-order valence-electron chi connectivity index (χ2n) is 6.09. The van der Waals surface area contributed by atoms with Crippen molar-refractivity contribution in [1.82, 2.24) is 4.72 Å². The summed E-state index contributed by atoms with van der Waals surface area (Å²) in [6.45, 7) is 10.0. The van der Waals surface area contributed by atoms with E-state index in [2.05, 4.69) is 24.6 Å². The van der Waals surface area contributed by atoms with Crippen molar-refractivity contribution in [2.45, 2.75) is 52.4 Å². The first-order valence-corrected chi connectivity index (χ1v) is 9.55. The molecular formula is C18H26ClNO2S. The van der Waals surface area contributed by atoms with E-state index >= 15 is 0 Å². The third kappa shape index (κ3) is 6.50. The Kier molecular flexibility index (Phi) is 7.52. The molecule has 0 aromatic heterocycles. The predicted octanol–water partition coefficient (Wildman–Crippen LogP) is 4.93. The van der Waals surface area contributed by atoms with Gasteiger partial charge in [0.05, 0.1) is 4.90 Å². The van der Waals surface area contributed by atoms with E-state index in [0.717, 1.165) is 18.4 Å². The molecule has 1 N–H and O–H groups in total. The summed E-state index contributed by atoms with van der Waals surface area (Å²) in [5, 5.41) is 0.580. The molecule has 23 heavy (non-hydrogen) atoms. The van der Waals surface area contributed by atoms with E-state index < -0.39 is 10.0 Å². The lowest BCUT2D eigenvalue weighted by atomic mass is 10.1. The van der Waals surface area contributed by atoms with Crippen LogP contribution in [0.5, 0.6) is 0 Å². The number of nitrogens with one attached hydrogen (secondary N) is 1. The lowest BCUT2D eigenvalue weighted by Crippen LogP contribution is -2.24. The van der Waals surface area contributed by atoms with Crippen LogP contribution in [0.1, 0.15) is 44.7 Å². The largest absolute Gasteiger partial charge is 0.241 e. The standard InChI is InChI=1S/C18H26ClNO2S/c1-13(2)7-6-8-14(3)9-10-20-23(21,22)18-12-15(4)17(19)11-16(18)5/h7,9,11-12,20H,6,8,10H2,1-5H3/b14-9+. The first kappa shape index (κ1) is 19.9. The van der Waals surface area contributed by atoms with Crippen LogP contribution in [0.3, 0.4) is 0 Å². The molecule has 1 aromatic rings. The fourth-order valence-electron chi connectivity index (χ4n) is 2.14. The number of hydrogen-bond donors (Lipinski definition) is 1. The van der Waals surface area contributed by atoms with Gasteiger partial charge in [0.25, 0.3) is 0 Å². The van der Waals surface area contributed by atoms with Crippen molar-refractivity contribution in [2.24, 2.45) is 0 Å². The smallest absolute Gasteiger partial charge is 0.207 e. The average Bonchev–Trinajstić information content (AvgIpc) is 2.42. The van der Waals surface area contributed by atoms with E-state index in [9.17, 15) is 8.42 Å². The van der Waals surface area contributed by atoms with E-state index in [4.69, 9.17) is 11.6 Å². The van der Waals surface area contributed by atoms with Crippen molar-refractivity contribution in [3.8, 4) is 0 Å². The molecule has 0 spiro atoms. The molecular weight excluding hydrogens is 330 g/mol. The molecule has 0 heterocycles. The zero-order valence-corrected chi connectivity index (χ0v) is 16.1. The number of allylic oxidation sites excluding steroid dienone is 3. The van der Waals surface area contributed by atoms with Crippen LogP contribution < -0.4 is 4.72 Å². The molecule has 0 aliphatic rings. The molecule has 0 unspecified atom stereocenters. The molecule has 0 saturated heterocycles. The highest BCUT2D eigenvalue weighted by Gasteiger charge is 2.17. The van der Waals surface area contributed by atoms with Crippen LogP contribution in [0.15, 0.2) is 40.3 Å². The summed E-state index contributed by atoms with van der Waals surface area (Å²) in [5.41, 5.74) is 3.88. The van der Waals surface area contributed by atoms with Gasteiger partial charge in [-0.2, -0.15) is 0 Å². The molecule has 0 aliphatic heterocycles. The fraction of sp³-hybridized carbons (Fsp3) is 0.444. The second-order valence-corrected chi connectivity index (χ2v) is 8.23. The summed E-state index contributed by atoms with van der Waals surface area (Å²) >= 11 is 6.02. The van der Waals surface area contributed by atoms with Gasteiger partial charge >= 0.3 is 0 Å². The summed E-state index contributed by atoms with van der Waals surface area (Å²) in [6, 6.07) is 3.30. The van der Waals surface area contributed by atoms with Gasteiger partial charge in [-0.1, -0.05) is 34.9 Å². The number of rotatable bonds is 7. The lowest BCUT2D eigenvalue weighted by Gasteiger charge is -2.10. The Morgan fingerprint density at radius 3 is 2.39 bits per heavy atom. The normalized spacial score (nSPS) is 12.3. The minimum atomic E-state index is -3.52. The Morgan fingerprint density at radius 2 is 1.78 bits per heavy atom. The van der Waals surface area contributed by atoms with Gasteiger partial charge in [-0.15, -0.1) is 0 Å². The predicted molar refractivity (Wildman–Crippen MR) is 98.5 cm³/mol. The SMILES string of the molecule is CC(C)=CCC/C(C)=C/CNS(=O)(=O)c1cc(C)c(Cl)cc1C. The topological polar surface area (TPSA) is 46.2 Å². The van der Waals surface area contributed by atoms with Crippen molar-refractivity contribution in [2.75, 3.05) is 6.54 Å². The average molecular weight is 356 g/mol. The summed E-state index contributed by atoms with van der Waals surface area (Å²) in [6.07, 6.45) is 6.02. The highest BCUT2D eigenvalue weighted by atomic mass is 35.5. The van der Waals surface area contributed by atoms with Crippen LogP contribution in [-0.2, 0) is 10.0 Å². The fourth-order valence-corrected chi connectivity index (χ4v) is 3.63. The van der Waals surface area contributed by atoms with Gasteiger partial charge < -0.3 is 0 Å². The number of hydrogen-bond acceptors (Lipinski definition) is 2. The number of aryl methyl sites for hydroxylation is 2. The van der Waals surface area contributed by atoms with Crippen LogP contribution in [0, 0.1) is 13.8 Å². The third-order valence-electron chi connectivity index (χ3n) is 3.56. The zero-order chi connectivity index (χ0) is 17.6. The third-order valence-corrected chi connectivity index (χ3v) is 5.53. The highest BCUT2D eigenvalue weighted by molar-refractivity contribution is 7.89. The Bertz CT molecular complexity index is 715. The van der Waals surface area contributed by atoms with Crippen LogP contribution >= 0.6 is 11.6 Å². The minimum absolute atomic E-state index is 0.287. The molecule has 0 atom stereocenters. The molecule has 0 aliphatic carbocycles. The molecule has 0 fully saturated rings. The van der Waals surface area contributed by atoms with Crippen molar-refractivity contribution in [1.29, 1.82) is 0 Å². The monoisotopic (exact) mass is 355 g/mol. The molecule has 0 bridgehead atoms. The lowest BCUT2D eigenvalue weighted by molar-refractivity contribution is 0.585. The summed E-state index contributed by atoms with van der Waals surface area (Å²) in [5.74, 6) is 0. The Hall–Kier alpha value is -1.10. The van der Waals surface area contributed by atoms with Gasteiger partial charge in [0.2, 0.25) is 10.0 Å². The Morgan fingerprint density at radius 1 is 1.13 bits per heavy atom. The summed E-state index contributed by atoms with van der Waals surface area (Å²) < 4.78 is 27.4. The van der Waals surface area contributed by atoms with Crippen LogP contribution in [-0.4, -0.2) is 15.0 Å². The molecule has 128 valence electrons. The molecule has 3 nitrogen and oxygen atoms in total. The number of halogens is 1. The molecule has 5 heteroatoms. The van der Waals surface area contributed by atoms with Gasteiger partial charge in [0.15, 0.2) is 0 Å². The van der Waals surface area contributed by atoms with E-state index in [-0.39, 0.29) is 4.90 Å². The maximum atomic E-state index is 12.4. The van der Waals surface area contributed by atoms with E-state index in [1.54, 1.807) is 26.0 Å². The van der Waals surface area contributed by atoms with Crippen molar-refractivity contribution < 1.29 is 8.42 Å². The van der Waals surface area contributed by atoms with Gasteiger partial charge in [-0.3, -0.25) is 0 Å². The van der Waals surface area contributed by atoms with Crippen LogP contribution in [0.25, 0.3) is 0 Å². The van der Waals surface area contributed by atoms with E-state index in [1.165, 1.54) is 11.1 Å². The quantitative estimate of drug-likeness (QED) is 0.705. The van der Waals surface area contributed by atoms with E-state index in [1.807, 2.05) is 13.0 Å². The Labute approximate surface area is 145 Å².